The number of nitrogens with zero attached hydrogens (tertiary/aromatic N) is 3. The van der Waals surface area contributed by atoms with Crippen LogP contribution in [0.1, 0.15) is 29.5 Å². The highest BCUT2D eigenvalue weighted by atomic mass is 79.9. The summed E-state index contributed by atoms with van der Waals surface area (Å²) in [6, 6.07) is 32.6. The van der Waals surface area contributed by atoms with Crippen molar-refractivity contribution in [3.63, 3.8) is 0 Å². The molecule has 4 heterocycles. The molecule has 15 nitrogen and oxygen atoms in total. The Morgan fingerprint density at radius 1 is 0.512 bits per heavy atom. The molecule has 6 aromatic carbocycles. The zero-order valence-corrected chi connectivity index (χ0v) is 48.8. The fourth-order valence-electron chi connectivity index (χ4n) is 7.24. The lowest BCUT2D eigenvalue weighted by Crippen LogP contribution is -2.20. The van der Waals surface area contributed by atoms with Crippen LogP contribution in [0.25, 0.3) is 32.7 Å². The van der Waals surface area contributed by atoms with Gasteiger partial charge in [0.05, 0.1) is 48.0 Å². The maximum Gasteiger partial charge on any atom is 0.416 e. The van der Waals surface area contributed by atoms with E-state index in [0.29, 0.717) is 45.0 Å². The number of aromatic nitrogens is 3. The van der Waals surface area contributed by atoms with Gasteiger partial charge < -0.3 is 52.1 Å². The van der Waals surface area contributed by atoms with Crippen LogP contribution >= 0.6 is 47.3 Å². The highest BCUT2D eigenvalue weighted by Crippen LogP contribution is 2.35. The van der Waals surface area contributed by atoms with Gasteiger partial charge in [0.25, 0.3) is 0 Å². The molecule has 1 saturated heterocycles. The van der Waals surface area contributed by atoms with Gasteiger partial charge in [-0.2, -0.15) is 39.5 Å². The van der Waals surface area contributed by atoms with Gasteiger partial charge in [0.2, 0.25) is 0 Å². The largest absolute Gasteiger partial charge is 0.504 e. The van der Waals surface area contributed by atoms with Crippen molar-refractivity contribution in [1.82, 2.24) is 15.0 Å². The molecule has 4 amide bonds. The number of amides is 4. The fourth-order valence-corrected chi connectivity index (χ4v) is 7.24. The lowest BCUT2D eigenvalue weighted by molar-refractivity contribution is -0.138. The Kier molecular flexibility index (Phi) is 25.1. The molecule has 10 rings (SSSR count). The van der Waals surface area contributed by atoms with Crippen molar-refractivity contribution in [3.05, 3.63) is 181 Å². The topological polar surface area (TPSA) is 221 Å². The molecule has 1 fully saturated rings. The lowest BCUT2D eigenvalue weighted by Gasteiger charge is -2.13. The molecule has 9 N–H and O–H groups in total. The number of benzene rings is 6. The second-order valence-electron chi connectivity index (χ2n) is 17.0. The van der Waals surface area contributed by atoms with Crippen molar-refractivity contribution >= 4 is 129 Å². The molecule has 9 aromatic rings. The Morgan fingerprint density at radius 3 is 1.26 bits per heavy atom. The molecule has 0 unspecified atom stereocenters. The molecule has 0 atom stereocenters. The normalized spacial score (nSPS) is 11.7. The summed E-state index contributed by atoms with van der Waals surface area (Å²) < 4.78 is 127. The molecule has 0 aliphatic carbocycles. The Hall–Kier alpha value is -8.08. The number of rotatable bonds is 6. The Bertz CT molecular complexity index is 3560. The van der Waals surface area contributed by atoms with E-state index in [-0.39, 0.29) is 26.0 Å². The Labute approximate surface area is 499 Å². The minimum Gasteiger partial charge on any atom is -0.504 e. The summed E-state index contributed by atoms with van der Waals surface area (Å²) >= 11 is 9.31. The van der Waals surface area contributed by atoms with Crippen LogP contribution in [-0.2, 0) is 23.3 Å². The number of hydrogen-bond donors (Lipinski definition) is 7. The van der Waals surface area contributed by atoms with Crippen molar-refractivity contribution in [2.24, 2.45) is 0 Å². The highest BCUT2D eigenvalue weighted by molar-refractivity contribution is 9.69. The lowest BCUT2D eigenvalue weighted by atomic mass is 10.2. The van der Waals surface area contributed by atoms with Crippen molar-refractivity contribution in [3.8, 4) is 17.2 Å². The van der Waals surface area contributed by atoms with Crippen molar-refractivity contribution in [2.75, 3.05) is 60.2 Å². The Balaban J connectivity index is 0.000000204. The standard InChI is InChI=1S/C18H14F3N3O2.C17H12F3N3O2.C10H10N2O.C7H6F3N.C4H8O.BBr3/c1-26-16-14(9-4-11-3-2-10-22-15(11)16)24-17(25)23-13-7-5-12(6-8-13)18(19,20)21;18-17(19,20)11-4-6-12(7-5-11)22-16(25)23-13-8-3-10-2-1-9-21-14(10)15(13)24;1-13-10-8(11)5-4-7-3-2-6-12-9(7)10;8-7(9,10)5-1-3-6(11)4-2-5;1-2-4-5-3-1;2-1(3)4/h2-10H,1H3,(H2,23,24,25);1-9,24H,(H2,22,23,25);2-6H,11H2,1H3;1-4H,11H2;1-4H2;. The van der Waals surface area contributed by atoms with E-state index in [9.17, 15) is 54.2 Å². The van der Waals surface area contributed by atoms with Gasteiger partial charge in [-0.15, -0.1) is 47.3 Å². The summed E-state index contributed by atoms with van der Waals surface area (Å²) in [7, 11) is 3.06. The first-order chi connectivity index (χ1) is 39.8. The van der Waals surface area contributed by atoms with Gasteiger partial charge in [0.1, 0.15) is 16.6 Å². The van der Waals surface area contributed by atoms with Gasteiger partial charge in [-0.25, -0.2) is 9.59 Å². The summed E-state index contributed by atoms with van der Waals surface area (Å²) in [6.07, 6.45) is -5.74. The van der Waals surface area contributed by atoms with E-state index in [1.54, 1.807) is 55.9 Å². The summed E-state index contributed by atoms with van der Waals surface area (Å²) in [5.74, 6) is 0.851. The first kappa shape index (κ1) is 66.7. The third-order valence-electron chi connectivity index (χ3n) is 11.1. The SMILES string of the molecule is BrB(Br)Br.C1CCOC1.COc1c(N)ccc2cccnc12.COc1c(NC(=O)Nc2ccc(C(F)(F)F)cc2)ccc2cccnc12.Nc1ccc(C(F)(F)F)cc1.O=C(Nc1ccc(C(F)(F)F)cc1)Nc1ccc2cccnc2c1O. The zero-order valence-electron chi connectivity index (χ0n) is 44.0. The van der Waals surface area contributed by atoms with E-state index in [0.717, 1.165) is 78.0 Å². The van der Waals surface area contributed by atoms with Crippen LogP contribution in [0.2, 0.25) is 0 Å². The maximum absolute atomic E-state index is 12.6. The quantitative estimate of drug-likeness (QED) is 0.0359. The number of ether oxygens (including phenoxy) is 3. The molecule has 0 radical (unpaired) electrons. The summed E-state index contributed by atoms with van der Waals surface area (Å²) in [5, 5.41) is 22.7. The van der Waals surface area contributed by atoms with E-state index in [1.165, 1.54) is 56.5 Å². The minimum absolute atomic E-state index is 0.135. The average molecular weight is 1370 g/mol. The van der Waals surface area contributed by atoms with Gasteiger partial charge in [-0.05, 0) is 122 Å². The Morgan fingerprint density at radius 2 is 0.869 bits per heavy atom. The number of carbonyl (C=O) groups is 2. The second-order valence-corrected chi connectivity index (χ2v) is 23.4. The van der Waals surface area contributed by atoms with Gasteiger partial charge >= 0.3 is 33.8 Å². The molecule has 0 saturated carbocycles. The zero-order chi connectivity index (χ0) is 61.6. The number of nitrogen functional groups attached to an aromatic ring is 2. The van der Waals surface area contributed by atoms with Crippen LogP contribution in [0.5, 0.6) is 17.2 Å². The molecule has 1 aliphatic rings. The predicted octanol–water partition coefficient (Wildman–Crippen LogP) is 16.6. The van der Waals surface area contributed by atoms with Crippen LogP contribution in [0.3, 0.4) is 0 Å². The van der Waals surface area contributed by atoms with Gasteiger partial charge in [-0.1, -0.05) is 36.4 Å². The number of urea groups is 2. The average Bonchev–Trinajstić information content (AvgIpc) is 4.11. The summed E-state index contributed by atoms with van der Waals surface area (Å²) in [4.78, 5) is 36.6. The van der Waals surface area contributed by atoms with Gasteiger partial charge in [0, 0.05) is 65.0 Å². The number of carbonyl (C=O) groups excluding carboxylic acids is 2. The number of phenolic OH excluding ortho intramolecular Hbond substituents is 1. The predicted molar refractivity (Wildman–Crippen MR) is 321 cm³/mol. The highest BCUT2D eigenvalue weighted by Gasteiger charge is 2.31. The number of phenols is 1. The smallest absolute Gasteiger partial charge is 0.416 e. The number of alkyl halides is 9. The number of halogens is 12. The minimum atomic E-state index is -4.44. The van der Waals surface area contributed by atoms with E-state index < -0.39 is 47.3 Å². The molecule has 1 aliphatic heterocycles. The number of nitrogens with one attached hydrogen (secondary N) is 4. The van der Waals surface area contributed by atoms with Crippen molar-refractivity contribution in [2.45, 2.75) is 31.4 Å². The van der Waals surface area contributed by atoms with Crippen LogP contribution in [0, 0.1) is 0 Å². The van der Waals surface area contributed by atoms with Crippen LogP contribution in [-0.4, -0.2) is 62.7 Å². The first-order valence-electron chi connectivity index (χ1n) is 24.4. The summed E-state index contributed by atoms with van der Waals surface area (Å²) in [5.41, 5.74) is 12.3. The van der Waals surface area contributed by atoms with Crippen LogP contribution in [0.4, 0.5) is 83.2 Å². The summed E-state index contributed by atoms with van der Waals surface area (Å²) in [6.45, 7) is 2.00. The van der Waals surface area contributed by atoms with E-state index in [2.05, 4.69) is 83.5 Å². The van der Waals surface area contributed by atoms with Crippen molar-refractivity contribution in [1.29, 1.82) is 0 Å². The van der Waals surface area contributed by atoms with Gasteiger partial charge in [-0.3, -0.25) is 15.0 Å². The monoisotopic (exact) mass is 1360 g/mol. The number of aromatic hydroxyl groups is 1. The van der Waals surface area contributed by atoms with E-state index >= 15 is 0 Å². The van der Waals surface area contributed by atoms with E-state index in [1.807, 2.05) is 30.3 Å². The second kappa shape index (κ2) is 31.5. The van der Waals surface area contributed by atoms with E-state index in [4.69, 9.17) is 25.7 Å². The number of anilines is 6. The molecular weight excluding hydrogens is 1320 g/mol. The molecule has 28 heteroatoms. The van der Waals surface area contributed by atoms with Crippen LogP contribution in [0.15, 0.2) is 164 Å². The van der Waals surface area contributed by atoms with Crippen LogP contribution < -0.4 is 42.2 Å². The number of fused-ring (bicyclic) bond motifs is 3. The van der Waals surface area contributed by atoms with Crippen molar-refractivity contribution < 1.29 is 68.4 Å². The first-order valence-corrected chi connectivity index (χ1v) is 27.1. The number of methoxy groups -OCH3 is 2. The van der Waals surface area contributed by atoms with Gasteiger partial charge in [0.15, 0.2) is 17.2 Å². The number of hydrogen-bond acceptors (Lipinski definition) is 11. The molecule has 0 spiro atoms. The molecule has 84 heavy (non-hydrogen) atoms. The number of pyridine rings is 3. The molecule has 3 aromatic heterocycles. The third kappa shape index (κ3) is 21.0. The fraction of sp³-hybridized carbons (Fsp3) is 0.161. The third-order valence-corrected chi connectivity index (χ3v) is 11.1. The molecular formula is C56H50BBr3F9N9O6. The molecule has 442 valence electrons. The molecule has 0 bridgehead atoms. The number of nitrogens with two attached hydrogens (primary N) is 2. The maximum atomic E-state index is 12.6.